The van der Waals surface area contributed by atoms with E-state index in [1.54, 1.807) is 19.1 Å². The molecule has 1 rings (SSSR count). The highest BCUT2D eigenvalue weighted by atomic mass is 16.6. The van der Waals surface area contributed by atoms with Gasteiger partial charge in [0.25, 0.3) is 5.69 Å². The Kier molecular flexibility index (Phi) is 2.81. The number of aryl methyl sites for hydroxylation is 1. The van der Waals surface area contributed by atoms with Gasteiger partial charge in [0.1, 0.15) is 0 Å². The zero-order chi connectivity index (χ0) is 10.7. The first-order valence-electron chi connectivity index (χ1n) is 4.03. The number of rotatable bonds is 3. The molecular formula is C9H10N2O3. The van der Waals surface area contributed by atoms with Gasteiger partial charge in [0.2, 0.25) is 5.91 Å². The predicted molar refractivity (Wildman–Crippen MR) is 50.7 cm³/mol. The molecule has 0 radical (unpaired) electrons. The predicted octanol–water partition coefficient (Wildman–Crippen LogP) is 0.931. The van der Waals surface area contributed by atoms with E-state index in [0.717, 1.165) is 0 Å². The standard InChI is InChI=1S/C9H10N2O3/c1-6-2-3-7(5-9(10)12)4-8(6)11(13)14/h2-4H,5H2,1H3,(H2,10,12). The maximum Gasteiger partial charge on any atom is 0.272 e. The van der Waals surface area contributed by atoms with E-state index >= 15 is 0 Å². The zero-order valence-corrected chi connectivity index (χ0v) is 7.69. The molecule has 74 valence electrons. The Morgan fingerprint density at radius 1 is 1.57 bits per heavy atom. The SMILES string of the molecule is Cc1ccc(CC(N)=O)cc1[N+](=O)[O-]. The van der Waals surface area contributed by atoms with Crippen LogP contribution in [0.25, 0.3) is 0 Å². The average Bonchev–Trinajstić information content (AvgIpc) is 2.07. The quantitative estimate of drug-likeness (QED) is 0.573. The van der Waals surface area contributed by atoms with Gasteiger partial charge in [-0.25, -0.2) is 0 Å². The van der Waals surface area contributed by atoms with Crippen molar-refractivity contribution in [1.82, 2.24) is 0 Å². The number of carbonyl (C=O) groups excluding carboxylic acids is 1. The Labute approximate surface area is 80.7 Å². The van der Waals surface area contributed by atoms with E-state index in [0.29, 0.717) is 11.1 Å². The molecule has 0 fully saturated rings. The summed E-state index contributed by atoms with van der Waals surface area (Å²) in [7, 11) is 0. The lowest BCUT2D eigenvalue weighted by atomic mass is 10.1. The highest BCUT2D eigenvalue weighted by Crippen LogP contribution is 2.19. The van der Waals surface area contributed by atoms with E-state index in [4.69, 9.17) is 5.73 Å². The van der Waals surface area contributed by atoms with Crippen LogP contribution in [0.3, 0.4) is 0 Å². The molecule has 1 aromatic rings. The first kappa shape index (κ1) is 10.2. The fourth-order valence-electron chi connectivity index (χ4n) is 1.16. The highest BCUT2D eigenvalue weighted by molar-refractivity contribution is 5.76. The molecule has 1 amide bonds. The van der Waals surface area contributed by atoms with Crippen LogP contribution in [0.4, 0.5) is 5.69 Å². The van der Waals surface area contributed by atoms with Crippen molar-refractivity contribution in [2.45, 2.75) is 13.3 Å². The number of nitrogens with two attached hydrogens (primary N) is 1. The fraction of sp³-hybridized carbons (Fsp3) is 0.222. The van der Waals surface area contributed by atoms with Gasteiger partial charge in [-0.1, -0.05) is 12.1 Å². The maximum absolute atomic E-state index is 10.6. The molecule has 0 bridgehead atoms. The lowest BCUT2D eigenvalue weighted by Crippen LogP contribution is -2.13. The summed E-state index contributed by atoms with van der Waals surface area (Å²) in [6.07, 6.45) is 0.0289. The minimum atomic E-state index is -0.497. The summed E-state index contributed by atoms with van der Waals surface area (Å²) < 4.78 is 0. The summed E-state index contributed by atoms with van der Waals surface area (Å²) in [5.74, 6) is -0.497. The minimum absolute atomic E-state index is 0.0174. The molecule has 0 aromatic heterocycles. The van der Waals surface area contributed by atoms with E-state index in [-0.39, 0.29) is 12.1 Å². The number of nitro groups is 1. The van der Waals surface area contributed by atoms with Gasteiger partial charge in [-0.2, -0.15) is 0 Å². The van der Waals surface area contributed by atoms with Crippen LogP contribution in [0.1, 0.15) is 11.1 Å². The minimum Gasteiger partial charge on any atom is -0.369 e. The number of benzene rings is 1. The van der Waals surface area contributed by atoms with Crippen LogP contribution in [-0.4, -0.2) is 10.8 Å². The number of nitro benzene ring substituents is 1. The molecule has 0 unspecified atom stereocenters. The zero-order valence-electron chi connectivity index (χ0n) is 7.69. The largest absolute Gasteiger partial charge is 0.369 e. The Morgan fingerprint density at radius 2 is 2.21 bits per heavy atom. The molecule has 0 spiro atoms. The van der Waals surface area contributed by atoms with Crippen molar-refractivity contribution in [3.8, 4) is 0 Å². The molecule has 1 aromatic carbocycles. The molecule has 0 aliphatic rings. The lowest BCUT2D eigenvalue weighted by molar-refractivity contribution is -0.385. The first-order valence-corrected chi connectivity index (χ1v) is 4.03. The second-order valence-corrected chi connectivity index (χ2v) is 3.02. The van der Waals surface area contributed by atoms with Crippen molar-refractivity contribution in [2.75, 3.05) is 0 Å². The van der Waals surface area contributed by atoms with E-state index in [1.807, 2.05) is 0 Å². The molecule has 0 aliphatic heterocycles. The van der Waals surface area contributed by atoms with Gasteiger partial charge in [-0.15, -0.1) is 0 Å². The average molecular weight is 194 g/mol. The second kappa shape index (κ2) is 3.87. The van der Waals surface area contributed by atoms with Crippen molar-refractivity contribution in [3.05, 3.63) is 39.4 Å². The smallest absolute Gasteiger partial charge is 0.272 e. The van der Waals surface area contributed by atoms with Gasteiger partial charge in [0.15, 0.2) is 0 Å². The topological polar surface area (TPSA) is 86.2 Å². The second-order valence-electron chi connectivity index (χ2n) is 3.02. The van der Waals surface area contributed by atoms with Crippen molar-refractivity contribution in [3.63, 3.8) is 0 Å². The van der Waals surface area contributed by atoms with Crippen molar-refractivity contribution in [1.29, 1.82) is 0 Å². The van der Waals surface area contributed by atoms with Crippen LogP contribution in [0.5, 0.6) is 0 Å². The molecule has 5 heteroatoms. The van der Waals surface area contributed by atoms with Crippen molar-refractivity contribution >= 4 is 11.6 Å². The van der Waals surface area contributed by atoms with Gasteiger partial charge < -0.3 is 5.73 Å². The van der Waals surface area contributed by atoms with Crippen LogP contribution in [0, 0.1) is 17.0 Å². The molecule has 2 N–H and O–H groups in total. The Morgan fingerprint density at radius 3 is 2.71 bits per heavy atom. The number of hydrogen-bond acceptors (Lipinski definition) is 3. The molecule has 0 aliphatic carbocycles. The van der Waals surface area contributed by atoms with Gasteiger partial charge in [-0.3, -0.25) is 14.9 Å². The summed E-state index contributed by atoms with van der Waals surface area (Å²) in [6.45, 7) is 1.65. The summed E-state index contributed by atoms with van der Waals surface area (Å²) in [4.78, 5) is 20.7. The van der Waals surface area contributed by atoms with Crippen molar-refractivity contribution in [2.24, 2.45) is 5.73 Å². The van der Waals surface area contributed by atoms with Gasteiger partial charge in [0, 0.05) is 11.6 Å². The van der Waals surface area contributed by atoms with E-state index in [1.165, 1.54) is 6.07 Å². The van der Waals surface area contributed by atoms with Crippen LogP contribution in [0.2, 0.25) is 0 Å². The monoisotopic (exact) mass is 194 g/mol. The van der Waals surface area contributed by atoms with Crippen molar-refractivity contribution < 1.29 is 9.72 Å². The fourth-order valence-corrected chi connectivity index (χ4v) is 1.16. The Bertz CT molecular complexity index is 388. The first-order chi connectivity index (χ1) is 6.50. The summed E-state index contributed by atoms with van der Waals surface area (Å²) >= 11 is 0. The molecule has 0 saturated carbocycles. The molecule has 0 atom stereocenters. The van der Waals surface area contributed by atoms with Gasteiger partial charge in [-0.05, 0) is 12.5 Å². The number of nitrogens with zero attached hydrogens (tertiary/aromatic N) is 1. The lowest BCUT2D eigenvalue weighted by Gasteiger charge is -2.00. The third-order valence-corrected chi connectivity index (χ3v) is 1.85. The van der Waals surface area contributed by atoms with E-state index < -0.39 is 10.8 Å². The molecule has 0 saturated heterocycles. The van der Waals surface area contributed by atoms with E-state index in [2.05, 4.69) is 0 Å². The van der Waals surface area contributed by atoms with E-state index in [9.17, 15) is 14.9 Å². The van der Waals surface area contributed by atoms with Crippen LogP contribution in [0.15, 0.2) is 18.2 Å². The number of amides is 1. The van der Waals surface area contributed by atoms with Crippen LogP contribution < -0.4 is 5.73 Å². The highest BCUT2D eigenvalue weighted by Gasteiger charge is 2.11. The summed E-state index contributed by atoms with van der Waals surface area (Å²) in [5, 5.41) is 10.5. The third kappa shape index (κ3) is 2.29. The summed E-state index contributed by atoms with van der Waals surface area (Å²) in [6, 6.07) is 4.64. The van der Waals surface area contributed by atoms with Gasteiger partial charge in [0.05, 0.1) is 11.3 Å². The maximum atomic E-state index is 10.6. The number of carbonyl (C=O) groups is 1. The molecule has 0 heterocycles. The summed E-state index contributed by atoms with van der Waals surface area (Å²) in [5.41, 5.74) is 6.13. The third-order valence-electron chi connectivity index (χ3n) is 1.85. The molecular weight excluding hydrogens is 184 g/mol. The Hall–Kier alpha value is -1.91. The Balaban J connectivity index is 3.06. The molecule has 5 nitrogen and oxygen atoms in total. The number of hydrogen-bond donors (Lipinski definition) is 1. The van der Waals surface area contributed by atoms with Crippen LogP contribution in [-0.2, 0) is 11.2 Å². The molecule has 14 heavy (non-hydrogen) atoms. The normalized spacial score (nSPS) is 9.79. The van der Waals surface area contributed by atoms with Gasteiger partial charge >= 0.3 is 0 Å². The number of primary amides is 1. The van der Waals surface area contributed by atoms with Crippen LogP contribution >= 0.6 is 0 Å².